The Balaban J connectivity index is 1.93. The lowest BCUT2D eigenvalue weighted by molar-refractivity contribution is -0.122. The number of unbranched alkanes of at least 4 members (excludes halogenated alkanes) is 2. The minimum Gasteiger partial charge on any atom is -0.385 e. The number of ether oxygens (including phenoxy) is 1. The SMILES string of the molecule is COCCCCCNC(=O)CC1CCCNC1. The van der Waals surface area contributed by atoms with Crippen molar-refractivity contribution in [2.75, 3.05) is 33.4 Å². The summed E-state index contributed by atoms with van der Waals surface area (Å²) in [7, 11) is 1.72. The summed E-state index contributed by atoms with van der Waals surface area (Å²) in [6, 6.07) is 0. The number of carbonyl (C=O) groups is 1. The van der Waals surface area contributed by atoms with E-state index in [1.54, 1.807) is 7.11 Å². The molecule has 1 rings (SSSR count). The summed E-state index contributed by atoms with van der Waals surface area (Å²) in [6.07, 6.45) is 6.34. The number of nitrogens with one attached hydrogen (secondary N) is 2. The summed E-state index contributed by atoms with van der Waals surface area (Å²) >= 11 is 0. The summed E-state index contributed by atoms with van der Waals surface area (Å²) in [5.41, 5.74) is 0. The van der Waals surface area contributed by atoms with Crippen molar-refractivity contribution in [1.29, 1.82) is 0 Å². The van der Waals surface area contributed by atoms with E-state index in [0.717, 1.165) is 45.5 Å². The molecule has 0 aliphatic carbocycles. The number of methoxy groups -OCH3 is 1. The van der Waals surface area contributed by atoms with Crippen molar-refractivity contribution >= 4 is 5.91 Å². The van der Waals surface area contributed by atoms with E-state index < -0.39 is 0 Å². The maximum Gasteiger partial charge on any atom is 0.220 e. The fourth-order valence-electron chi connectivity index (χ4n) is 2.21. The topological polar surface area (TPSA) is 50.4 Å². The van der Waals surface area contributed by atoms with Gasteiger partial charge in [-0.2, -0.15) is 0 Å². The van der Waals surface area contributed by atoms with Gasteiger partial charge >= 0.3 is 0 Å². The highest BCUT2D eigenvalue weighted by atomic mass is 16.5. The van der Waals surface area contributed by atoms with Crippen molar-refractivity contribution < 1.29 is 9.53 Å². The summed E-state index contributed by atoms with van der Waals surface area (Å²) in [5.74, 6) is 0.752. The van der Waals surface area contributed by atoms with Crippen molar-refractivity contribution in [2.24, 2.45) is 5.92 Å². The van der Waals surface area contributed by atoms with E-state index >= 15 is 0 Å². The van der Waals surface area contributed by atoms with Crippen LogP contribution in [-0.2, 0) is 9.53 Å². The highest BCUT2D eigenvalue weighted by molar-refractivity contribution is 5.76. The third-order valence-corrected chi connectivity index (χ3v) is 3.22. The molecular weight excluding hydrogens is 216 g/mol. The Bertz CT molecular complexity index is 204. The monoisotopic (exact) mass is 242 g/mol. The van der Waals surface area contributed by atoms with Gasteiger partial charge in [0, 0.05) is 26.7 Å². The van der Waals surface area contributed by atoms with Gasteiger partial charge in [0.25, 0.3) is 0 Å². The van der Waals surface area contributed by atoms with Crippen LogP contribution in [0.25, 0.3) is 0 Å². The van der Waals surface area contributed by atoms with Crippen molar-refractivity contribution in [2.45, 2.75) is 38.5 Å². The van der Waals surface area contributed by atoms with Gasteiger partial charge in [0.15, 0.2) is 0 Å². The third kappa shape index (κ3) is 7.34. The van der Waals surface area contributed by atoms with Crippen LogP contribution in [0, 0.1) is 5.92 Å². The smallest absolute Gasteiger partial charge is 0.220 e. The van der Waals surface area contributed by atoms with Crippen LogP contribution in [0.4, 0.5) is 0 Å². The van der Waals surface area contributed by atoms with Crippen LogP contribution in [0.3, 0.4) is 0 Å². The molecule has 1 heterocycles. The van der Waals surface area contributed by atoms with Gasteiger partial charge in [0.2, 0.25) is 5.91 Å². The molecule has 1 fully saturated rings. The van der Waals surface area contributed by atoms with Crippen LogP contribution in [0.5, 0.6) is 0 Å². The summed E-state index contributed by atoms with van der Waals surface area (Å²) in [6.45, 7) is 3.74. The van der Waals surface area contributed by atoms with Gasteiger partial charge in [0.05, 0.1) is 0 Å². The molecule has 0 aromatic heterocycles. The molecule has 2 N–H and O–H groups in total. The van der Waals surface area contributed by atoms with Crippen LogP contribution >= 0.6 is 0 Å². The van der Waals surface area contributed by atoms with Gasteiger partial charge in [-0.3, -0.25) is 4.79 Å². The molecule has 0 bridgehead atoms. The summed E-state index contributed by atoms with van der Waals surface area (Å²) in [4.78, 5) is 11.6. The van der Waals surface area contributed by atoms with Gasteiger partial charge < -0.3 is 15.4 Å². The highest BCUT2D eigenvalue weighted by Gasteiger charge is 2.16. The minimum atomic E-state index is 0.213. The number of carbonyl (C=O) groups excluding carboxylic acids is 1. The second-order valence-corrected chi connectivity index (χ2v) is 4.82. The Hall–Kier alpha value is -0.610. The lowest BCUT2D eigenvalue weighted by atomic mass is 9.96. The standard InChI is InChI=1S/C13H26N2O2/c1-17-9-4-2-3-8-15-13(16)10-12-6-5-7-14-11-12/h12,14H,2-11H2,1H3,(H,15,16). The van der Waals surface area contributed by atoms with Gasteiger partial charge in [-0.25, -0.2) is 0 Å². The molecule has 1 aliphatic heterocycles. The van der Waals surface area contributed by atoms with Crippen molar-refractivity contribution in [3.05, 3.63) is 0 Å². The molecular formula is C13H26N2O2. The molecule has 100 valence electrons. The Morgan fingerprint density at radius 1 is 1.41 bits per heavy atom. The molecule has 17 heavy (non-hydrogen) atoms. The highest BCUT2D eigenvalue weighted by Crippen LogP contribution is 2.13. The number of hydrogen-bond acceptors (Lipinski definition) is 3. The van der Waals surface area contributed by atoms with Crippen molar-refractivity contribution in [3.8, 4) is 0 Å². The van der Waals surface area contributed by atoms with Gasteiger partial charge in [-0.15, -0.1) is 0 Å². The predicted octanol–water partition coefficient (Wildman–Crippen LogP) is 1.31. The van der Waals surface area contributed by atoms with Crippen LogP contribution in [-0.4, -0.2) is 39.3 Å². The van der Waals surface area contributed by atoms with E-state index in [2.05, 4.69) is 10.6 Å². The summed E-state index contributed by atoms with van der Waals surface area (Å²) < 4.78 is 4.98. The normalized spacial score (nSPS) is 20.2. The van der Waals surface area contributed by atoms with Gasteiger partial charge in [0.1, 0.15) is 0 Å². The maximum absolute atomic E-state index is 11.6. The fourth-order valence-corrected chi connectivity index (χ4v) is 2.21. The first-order valence-corrected chi connectivity index (χ1v) is 6.79. The Labute approximate surface area is 104 Å². The zero-order valence-electron chi connectivity index (χ0n) is 11.0. The van der Waals surface area contributed by atoms with Gasteiger partial charge in [-0.1, -0.05) is 0 Å². The van der Waals surface area contributed by atoms with Crippen LogP contribution < -0.4 is 10.6 Å². The Morgan fingerprint density at radius 2 is 2.29 bits per heavy atom. The van der Waals surface area contributed by atoms with E-state index in [9.17, 15) is 4.79 Å². The first-order chi connectivity index (χ1) is 8.33. The first-order valence-electron chi connectivity index (χ1n) is 6.79. The number of amides is 1. The van der Waals surface area contributed by atoms with E-state index in [4.69, 9.17) is 4.74 Å². The Kier molecular flexibility index (Phi) is 8.01. The number of rotatable bonds is 8. The van der Waals surface area contributed by atoms with Crippen LogP contribution in [0.15, 0.2) is 0 Å². The first kappa shape index (κ1) is 14.5. The van der Waals surface area contributed by atoms with Crippen molar-refractivity contribution in [1.82, 2.24) is 10.6 Å². The quantitative estimate of drug-likeness (QED) is 0.631. The predicted molar refractivity (Wildman–Crippen MR) is 68.9 cm³/mol. The molecule has 1 aliphatic rings. The second-order valence-electron chi connectivity index (χ2n) is 4.82. The van der Waals surface area contributed by atoms with E-state index in [-0.39, 0.29) is 5.91 Å². The van der Waals surface area contributed by atoms with E-state index in [1.807, 2.05) is 0 Å². The molecule has 0 spiro atoms. The molecule has 0 radical (unpaired) electrons. The molecule has 0 aromatic rings. The van der Waals surface area contributed by atoms with Crippen LogP contribution in [0.1, 0.15) is 38.5 Å². The molecule has 4 heteroatoms. The fraction of sp³-hybridized carbons (Fsp3) is 0.923. The molecule has 1 saturated heterocycles. The third-order valence-electron chi connectivity index (χ3n) is 3.22. The molecule has 1 atom stereocenters. The molecule has 0 aromatic carbocycles. The minimum absolute atomic E-state index is 0.213. The number of hydrogen-bond donors (Lipinski definition) is 2. The average Bonchev–Trinajstić information content (AvgIpc) is 2.35. The van der Waals surface area contributed by atoms with E-state index in [1.165, 1.54) is 12.8 Å². The number of piperidine rings is 1. The zero-order chi connectivity index (χ0) is 12.3. The zero-order valence-corrected chi connectivity index (χ0v) is 11.0. The largest absolute Gasteiger partial charge is 0.385 e. The molecule has 4 nitrogen and oxygen atoms in total. The Morgan fingerprint density at radius 3 is 3.00 bits per heavy atom. The molecule has 1 unspecified atom stereocenters. The average molecular weight is 242 g/mol. The van der Waals surface area contributed by atoms with Crippen LogP contribution in [0.2, 0.25) is 0 Å². The summed E-state index contributed by atoms with van der Waals surface area (Å²) in [5, 5.41) is 6.34. The molecule has 0 saturated carbocycles. The maximum atomic E-state index is 11.6. The van der Waals surface area contributed by atoms with E-state index in [0.29, 0.717) is 12.3 Å². The van der Waals surface area contributed by atoms with Gasteiger partial charge in [-0.05, 0) is 51.1 Å². The van der Waals surface area contributed by atoms with Crippen molar-refractivity contribution in [3.63, 3.8) is 0 Å². The lowest BCUT2D eigenvalue weighted by Crippen LogP contribution is -2.34. The second kappa shape index (κ2) is 9.42. The molecule has 1 amide bonds. The lowest BCUT2D eigenvalue weighted by Gasteiger charge is -2.22.